The summed E-state index contributed by atoms with van der Waals surface area (Å²) in [7, 11) is 0. The van der Waals surface area contributed by atoms with Crippen molar-refractivity contribution in [2.75, 3.05) is 5.43 Å². The molecule has 0 unspecified atom stereocenters. The second-order valence-electron chi connectivity index (χ2n) is 2.89. The maximum atomic E-state index is 8.70. The molecule has 0 saturated heterocycles. The zero-order valence-electron chi connectivity index (χ0n) is 7.51. The summed E-state index contributed by atoms with van der Waals surface area (Å²) in [6.07, 6.45) is 3.80. The van der Waals surface area contributed by atoms with Crippen LogP contribution >= 0.6 is 0 Å². The molecule has 68 valence electrons. The average molecular weight is 183 g/mol. The standard InChI is InChI=1S/C11H9N3/c12-9-10-4-3-5-11(8-10)13-14-6-1-2-7-14/h1-8,13H. The monoisotopic (exact) mass is 183 g/mol. The van der Waals surface area contributed by atoms with Crippen molar-refractivity contribution in [1.29, 1.82) is 5.26 Å². The number of aromatic nitrogens is 1. The smallest absolute Gasteiger partial charge is 0.0992 e. The fraction of sp³-hybridized carbons (Fsp3) is 0. The molecule has 0 saturated carbocycles. The number of anilines is 1. The predicted molar refractivity (Wildman–Crippen MR) is 54.6 cm³/mol. The molecule has 3 heteroatoms. The van der Waals surface area contributed by atoms with E-state index in [9.17, 15) is 0 Å². The number of hydrogen-bond donors (Lipinski definition) is 1. The van der Waals surface area contributed by atoms with Gasteiger partial charge in [0.25, 0.3) is 0 Å². The Balaban J connectivity index is 2.22. The molecule has 14 heavy (non-hydrogen) atoms. The molecule has 0 spiro atoms. The van der Waals surface area contributed by atoms with Crippen LogP contribution in [0.3, 0.4) is 0 Å². The first-order chi connectivity index (χ1) is 6.88. The van der Waals surface area contributed by atoms with E-state index in [0.717, 1.165) is 5.69 Å². The van der Waals surface area contributed by atoms with Gasteiger partial charge in [-0.25, -0.2) is 0 Å². The number of nitrogens with zero attached hydrogens (tertiary/aromatic N) is 2. The minimum Gasteiger partial charge on any atom is -0.295 e. The summed E-state index contributed by atoms with van der Waals surface area (Å²) in [4.78, 5) is 0. The second-order valence-corrected chi connectivity index (χ2v) is 2.89. The number of rotatable bonds is 2. The highest BCUT2D eigenvalue weighted by molar-refractivity contribution is 5.48. The van der Waals surface area contributed by atoms with Crippen molar-refractivity contribution >= 4 is 5.69 Å². The Labute approximate surface area is 82.2 Å². The average Bonchev–Trinajstić information content (AvgIpc) is 2.71. The molecule has 0 aliphatic rings. The lowest BCUT2D eigenvalue weighted by molar-refractivity contribution is 0.971. The van der Waals surface area contributed by atoms with Gasteiger partial charge in [-0.05, 0) is 30.3 Å². The summed E-state index contributed by atoms with van der Waals surface area (Å²) in [5.74, 6) is 0. The second kappa shape index (κ2) is 3.67. The van der Waals surface area contributed by atoms with E-state index in [2.05, 4.69) is 11.5 Å². The molecule has 2 aromatic rings. The van der Waals surface area contributed by atoms with Gasteiger partial charge in [-0.3, -0.25) is 10.1 Å². The van der Waals surface area contributed by atoms with Gasteiger partial charge >= 0.3 is 0 Å². The van der Waals surface area contributed by atoms with Gasteiger partial charge in [0, 0.05) is 12.4 Å². The molecule has 1 aromatic heterocycles. The van der Waals surface area contributed by atoms with E-state index in [4.69, 9.17) is 5.26 Å². The fourth-order valence-corrected chi connectivity index (χ4v) is 1.22. The first-order valence-electron chi connectivity index (χ1n) is 4.28. The molecule has 0 aliphatic heterocycles. The van der Waals surface area contributed by atoms with E-state index in [1.165, 1.54) is 0 Å². The molecule has 0 amide bonds. The molecule has 0 bridgehead atoms. The van der Waals surface area contributed by atoms with Crippen LogP contribution in [0.1, 0.15) is 5.56 Å². The molecule has 1 aromatic carbocycles. The summed E-state index contributed by atoms with van der Waals surface area (Å²) in [6, 6.07) is 13.3. The van der Waals surface area contributed by atoms with E-state index < -0.39 is 0 Å². The maximum absolute atomic E-state index is 8.70. The van der Waals surface area contributed by atoms with E-state index in [1.54, 1.807) is 12.1 Å². The molecule has 2 rings (SSSR count). The third-order valence-corrected chi connectivity index (χ3v) is 1.85. The van der Waals surface area contributed by atoms with Crippen LogP contribution in [0, 0.1) is 11.3 Å². The number of nitrogens with one attached hydrogen (secondary N) is 1. The van der Waals surface area contributed by atoms with Crippen molar-refractivity contribution in [2.45, 2.75) is 0 Å². The Morgan fingerprint density at radius 2 is 1.93 bits per heavy atom. The lowest BCUT2D eigenvalue weighted by Crippen LogP contribution is -2.05. The normalized spacial score (nSPS) is 9.36. The molecule has 3 nitrogen and oxygen atoms in total. The fourth-order valence-electron chi connectivity index (χ4n) is 1.22. The third-order valence-electron chi connectivity index (χ3n) is 1.85. The maximum Gasteiger partial charge on any atom is 0.0992 e. The topological polar surface area (TPSA) is 40.8 Å². The first-order valence-corrected chi connectivity index (χ1v) is 4.28. The van der Waals surface area contributed by atoms with E-state index in [0.29, 0.717) is 5.56 Å². The van der Waals surface area contributed by atoms with Crippen molar-refractivity contribution in [2.24, 2.45) is 0 Å². The highest BCUT2D eigenvalue weighted by Crippen LogP contribution is 2.09. The Morgan fingerprint density at radius 3 is 2.64 bits per heavy atom. The molecular weight excluding hydrogens is 174 g/mol. The molecule has 0 atom stereocenters. The molecule has 1 N–H and O–H groups in total. The van der Waals surface area contributed by atoms with E-state index >= 15 is 0 Å². The first kappa shape index (κ1) is 8.39. The summed E-state index contributed by atoms with van der Waals surface area (Å²) >= 11 is 0. The number of nitriles is 1. The van der Waals surface area contributed by atoms with Crippen LogP contribution in [0.5, 0.6) is 0 Å². The highest BCUT2D eigenvalue weighted by Gasteiger charge is 1.93. The molecule has 0 aliphatic carbocycles. The Hall–Kier alpha value is -2.21. The van der Waals surface area contributed by atoms with Crippen LogP contribution in [0.15, 0.2) is 48.8 Å². The van der Waals surface area contributed by atoms with Crippen LogP contribution in [-0.4, -0.2) is 4.68 Å². The van der Waals surface area contributed by atoms with Crippen LogP contribution < -0.4 is 5.43 Å². The number of benzene rings is 1. The minimum absolute atomic E-state index is 0.655. The van der Waals surface area contributed by atoms with Crippen molar-refractivity contribution < 1.29 is 0 Å². The van der Waals surface area contributed by atoms with Crippen LogP contribution in [0.25, 0.3) is 0 Å². The zero-order chi connectivity index (χ0) is 9.80. The summed E-state index contributed by atoms with van der Waals surface area (Å²) < 4.78 is 1.83. The van der Waals surface area contributed by atoms with Crippen molar-refractivity contribution in [3.63, 3.8) is 0 Å². The summed E-state index contributed by atoms with van der Waals surface area (Å²) in [5.41, 5.74) is 4.68. The van der Waals surface area contributed by atoms with Gasteiger partial charge in [0.2, 0.25) is 0 Å². The van der Waals surface area contributed by atoms with Gasteiger partial charge in [-0.1, -0.05) is 6.07 Å². The molecule has 0 radical (unpaired) electrons. The Bertz CT molecular complexity index is 452. The number of hydrogen-bond acceptors (Lipinski definition) is 2. The zero-order valence-corrected chi connectivity index (χ0v) is 7.51. The third kappa shape index (κ3) is 1.75. The SMILES string of the molecule is N#Cc1cccc(Nn2cccc2)c1. The molecule has 1 heterocycles. The van der Waals surface area contributed by atoms with Gasteiger partial charge in [0.05, 0.1) is 17.3 Å². The largest absolute Gasteiger partial charge is 0.295 e. The van der Waals surface area contributed by atoms with Gasteiger partial charge < -0.3 is 0 Å². The quantitative estimate of drug-likeness (QED) is 0.775. The van der Waals surface area contributed by atoms with Crippen molar-refractivity contribution in [3.8, 4) is 6.07 Å². The van der Waals surface area contributed by atoms with Gasteiger partial charge in [0.1, 0.15) is 0 Å². The van der Waals surface area contributed by atoms with Crippen LogP contribution in [0.2, 0.25) is 0 Å². The van der Waals surface area contributed by atoms with E-state index in [1.807, 2.05) is 41.3 Å². The summed E-state index contributed by atoms with van der Waals surface area (Å²) in [6.45, 7) is 0. The Morgan fingerprint density at radius 1 is 1.14 bits per heavy atom. The summed E-state index contributed by atoms with van der Waals surface area (Å²) in [5, 5.41) is 8.70. The predicted octanol–water partition coefficient (Wildman–Crippen LogP) is 2.23. The molecule has 0 fully saturated rings. The van der Waals surface area contributed by atoms with Gasteiger partial charge in [0.15, 0.2) is 0 Å². The lowest BCUT2D eigenvalue weighted by atomic mass is 10.2. The van der Waals surface area contributed by atoms with E-state index in [-0.39, 0.29) is 0 Å². The Kier molecular flexibility index (Phi) is 2.20. The van der Waals surface area contributed by atoms with Crippen molar-refractivity contribution in [3.05, 3.63) is 54.4 Å². The lowest BCUT2D eigenvalue weighted by Gasteiger charge is -2.06. The van der Waals surface area contributed by atoms with Gasteiger partial charge in [-0.2, -0.15) is 5.26 Å². The van der Waals surface area contributed by atoms with Crippen LogP contribution in [0.4, 0.5) is 5.69 Å². The van der Waals surface area contributed by atoms with Crippen molar-refractivity contribution in [1.82, 2.24) is 4.68 Å². The molecular formula is C11H9N3. The van der Waals surface area contributed by atoms with Gasteiger partial charge in [-0.15, -0.1) is 0 Å². The minimum atomic E-state index is 0.655. The van der Waals surface area contributed by atoms with Crippen LogP contribution in [-0.2, 0) is 0 Å². The highest BCUT2D eigenvalue weighted by atomic mass is 15.4.